The summed E-state index contributed by atoms with van der Waals surface area (Å²) >= 11 is 0. The first-order chi connectivity index (χ1) is 21.9. The Labute approximate surface area is 300 Å². The van der Waals surface area contributed by atoms with Crippen LogP contribution in [0, 0.1) is 24.5 Å². The van der Waals surface area contributed by atoms with Crippen molar-refractivity contribution in [3.8, 4) is 17.2 Å². The molecule has 48 heavy (non-hydrogen) atoms. The van der Waals surface area contributed by atoms with Gasteiger partial charge in [-0.3, -0.25) is 4.99 Å². The van der Waals surface area contributed by atoms with Crippen LogP contribution >= 0.6 is 0 Å². The van der Waals surface area contributed by atoms with Gasteiger partial charge in [0.05, 0.1) is 11.1 Å². The maximum Gasteiger partial charge on any atom is 2.00 e. The number of fused-ring (bicyclic) bond motifs is 5. The van der Waals surface area contributed by atoms with Crippen LogP contribution in [-0.4, -0.2) is 27.6 Å². The molecule has 252 valence electrons. The molecular weight excluding hydrogens is 774 g/mol. The molecule has 5 aromatic rings. The fourth-order valence-electron chi connectivity index (χ4n) is 6.82. The maximum atomic E-state index is 6.73. The number of pyridine rings is 1. The monoisotopic (exact) mass is 820 g/mol. The third-order valence-corrected chi connectivity index (χ3v) is 10.7. The predicted octanol–water partition coefficient (Wildman–Crippen LogP) is 10.5. The average Bonchev–Trinajstić information content (AvgIpc) is 3.56. The summed E-state index contributed by atoms with van der Waals surface area (Å²) in [6.07, 6.45) is 1.88. The Morgan fingerprint density at radius 2 is 1.67 bits per heavy atom. The molecule has 0 spiro atoms. The molecule has 0 unspecified atom stereocenters. The Bertz CT molecular complexity index is 2120. The number of rotatable bonds is 4. The minimum Gasteiger partial charge on any atom is -0.518 e. The van der Waals surface area contributed by atoms with Crippen LogP contribution in [0.2, 0.25) is 0 Å². The van der Waals surface area contributed by atoms with Gasteiger partial charge in [0, 0.05) is 28.5 Å². The van der Waals surface area contributed by atoms with Crippen molar-refractivity contribution in [2.24, 2.45) is 10.4 Å². The molecule has 0 N–H and O–H groups in total. The van der Waals surface area contributed by atoms with E-state index in [2.05, 4.69) is 136 Å². The van der Waals surface area contributed by atoms with Crippen LogP contribution in [0.3, 0.4) is 0 Å². The van der Waals surface area contributed by atoms with Gasteiger partial charge in [-0.05, 0) is 58.4 Å². The summed E-state index contributed by atoms with van der Waals surface area (Å²) in [6, 6.07) is 22.7. The SMILES string of the molecule is Cc1cc2c([c-]c1Oc1[c-]c(C3=N[C@](C)(C(C)(C)C)CO3)cc(C(C)C)c1)-n1c3ncccc3c3cc(C(C)(C)C)cc(c31)C2(C)C.[Pt+2]. The molecule has 5 nitrogen and oxygen atoms in total. The molecule has 0 radical (unpaired) electrons. The van der Waals surface area contributed by atoms with E-state index in [1.807, 2.05) is 12.3 Å². The van der Waals surface area contributed by atoms with Gasteiger partial charge in [-0.15, -0.1) is 28.8 Å². The predicted molar refractivity (Wildman–Crippen MR) is 193 cm³/mol. The topological polar surface area (TPSA) is 48.6 Å². The largest absolute Gasteiger partial charge is 2.00 e. The van der Waals surface area contributed by atoms with Crippen LogP contribution < -0.4 is 4.74 Å². The molecule has 4 heterocycles. The van der Waals surface area contributed by atoms with Crippen LogP contribution in [0.5, 0.6) is 11.5 Å². The van der Waals surface area contributed by atoms with E-state index in [4.69, 9.17) is 19.5 Å². The zero-order chi connectivity index (χ0) is 33.8. The van der Waals surface area contributed by atoms with E-state index in [0.717, 1.165) is 33.4 Å². The second-order valence-electron chi connectivity index (χ2n) is 16.7. The summed E-state index contributed by atoms with van der Waals surface area (Å²) in [5.74, 6) is 2.22. The number of aromatic nitrogens is 2. The van der Waals surface area contributed by atoms with Crippen LogP contribution in [-0.2, 0) is 36.6 Å². The Balaban J connectivity index is 0.00000401. The van der Waals surface area contributed by atoms with Gasteiger partial charge < -0.3 is 14.0 Å². The van der Waals surface area contributed by atoms with E-state index < -0.39 is 0 Å². The number of ether oxygens (including phenoxy) is 2. The molecule has 7 rings (SSSR count). The Hall–Kier alpha value is -3.43. The van der Waals surface area contributed by atoms with Gasteiger partial charge in [-0.25, -0.2) is 4.98 Å². The van der Waals surface area contributed by atoms with Crippen molar-refractivity contribution in [3.05, 3.63) is 94.2 Å². The number of benzene rings is 3. The summed E-state index contributed by atoms with van der Waals surface area (Å²) in [7, 11) is 0. The number of aliphatic imine (C=N–C) groups is 1. The van der Waals surface area contributed by atoms with Crippen molar-refractivity contribution in [1.82, 2.24) is 9.55 Å². The van der Waals surface area contributed by atoms with Crippen molar-refractivity contribution in [2.45, 2.75) is 105 Å². The van der Waals surface area contributed by atoms with E-state index in [1.165, 1.54) is 27.6 Å². The van der Waals surface area contributed by atoms with Gasteiger partial charge in [0.25, 0.3) is 0 Å². The standard InChI is InChI=1S/C42H47N3O2.Pt/c1-24(2)26-17-27(38-44-42(12,23-46-38)40(7,8)9)19-29(18-26)47-35-22-34-32(16-25(35)3)41(10,11)33-21-28(39(4,5)6)20-31-30-14-13-15-43-37(30)45(34)36(31)33;/h13-18,20-21,24H,23H2,1-12H3;/q-2;+2/t42-;/m0./s1. The zero-order valence-corrected chi connectivity index (χ0v) is 32.6. The van der Waals surface area contributed by atoms with Gasteiger partial charge >= 0.3 is 21.1 Å². The normalized spacial score (nSPS) is 18.5. The van der Waals surface area contributed by atoms with Crippen LogP contribution in [0.1, 0.15) is 115 Å². The number of nitrogens with zero attached hydrogens (tertiary/aromatic N) is 3. The molecule has 0 aliphatic carbocycles. The fraction of sp³-hybridized carbons (Fsp3) is 0.429. The number of hydrogen-bond donors (Lipinski definition) is 0. The van der Waals surface area contributed by atoms with Gasteiger partial charge in [-0.2, -0.15) is 6.07 Å². The van der Waals surface area contributed by atoms with Crippen LogP contribution in [0.4, 0.5) is 0 Å². The van der Waals surface area contributed by atoms with Crippen molar-refractivity contribution < 1.29 is 30.5 Å². The Morgan fingerprint density at radius 3 is 2.31 bits per heavy atom. The maximum absolute atomic E-state index is 6.73. The van der Waals surface area contributed by atoms with E-state index in [0.29, 0.717) is 24.0 Å². The molecule has 0 saturated heterocycles. The van der Waals surface area contributed by atoms with Crippen molar-refractivity contribution >= 4 is 27.8 Å². The Kier molecular flexibility index (Phi) is 8.11. The summed E-state index contributed by atoms with van der Waals surface area (Å²) in [5.41, 5.74) is 9.36. The first kappa shape index (κ1) is 34.4. The molecular formula is C42H47N3O2Pt. The summed E-state index contributed by atoms with van der Waals surface area (Å²) < 4.78 is 15.2. The van der Waals surface area contributed by atoms with Crippen molar-refractivity contribution in [3.63, 3.8) is 0 Å². The van der Waals surface area contributed by atoms with Gasteiger partial charge in [0.2, 0.25) is 0 Å². The minimum atomic E-state index is -0.316. The van der Waals surface area contributed by atoms with Crippen LogP contribution in [0.15, 0.2) is 53.7 Å². The molecule has 2 aliphatic rings. The Morgan fingerprint density at radius 1 is 0.938 bits per heavy atom. The molecule has 0 fully saturated rings. The molecule has 3 aromatic carbocycles. The third kappa shape index (κ3) is 5.32. The molecule has 0 amide bonds. The first-order valence-electron chi connectivity index (χ1n) is 16.9. The average molecular weight is 821 g/mol. The van der Waals surface area contributed by atoms with Crippen molar-refractivity contribution in [1.29, 1.82) is 0 Å². The minimum absolute atomic E-state index is 0. The van der Waals surface area contributed by atoms with Gasteiger partial charge in [0.15, 0.2) is 0 Å². The van der Waals surface area contributed by atoms with E-state index in [-0.39, 0.29) is 48.8 Å². The molecule has 2 aliphatic heterocycles. The zero-order valence-electron chi connectivity index (χ0n) is 30.4. The second kappa shape index (κ2) is 11.3. The number of aryl methyl sites for hydroxylation is 1. The quantitative estimate of drug-likeness (QED) is 0.170. The molecule has 1 atom stereocenters. The van der Waals surface area contributed by atoms with Crippen molar-refractivity contribution in [2.75, 3.05) is 6.61 Å². The summed E-state index contributed by atoms with van der Waals surface area (Å²) in [6.45, 7) is 27.3. The number of hydrogen-bond acceptors (Lipinski definition) is 4. The second-order valence-corrected chi connectivity index (χ2v) is 16.7. The fourth-order valence-corrected chi connectivity index (χ4v) is 6.82. The molecule has 0 bridgehead atoms. The third-order valence-electron chi connectivity index (χ3n) is 10.7. The summed E-state index contributed by atoms with van der Waals surface area (Å²) in [4.78, 5) is 10.0. The van der Waals surface area contributed by atoms with E-state index in [1.54, 1.807) is 0 Å². The smallest absolute Gasteiger partial charge is 0.518 e. The van der Waals surface area contributed by atoms with E-state index >= 15 is 0 Å². The molecule has 6 heteroatoms. The van der Waals surface area contributed by atoms with Gasteiger partial charge in [-0.1, -0.05) is 106 Å². The molecule has 0 saturated carbocycles. The summed E-state index contributed by atoms with van der Waals surface area (Å²) in [5, 5.41) is 2.38. The first-order valence-corrected chi connectivity index (χ1v) is 16.9. The van der Waals surface area contributed by atoms with Crippen LogP contribution in [0.25, 0.3) is 27.6 Å². The molecule has 2 aromatic heterocycles. The van der Waals surface area contributed by atoms with Gasteiger partial charge in [0.1, 0.15) is 18.2 Å². The van der Waals surface area contributed by atoms with E-state index in [9.17, 15) is 0 Å².